The molecule has 0 aromatic heterocycles. The summed E-state index contributed by atoms with van der Waals surface area (Å²) >= 11 is 0. The highest BCUT2D eigenvalue weighted by Gasteiger charge is 2.22. The molecule has 3 heteroatoms. The van der Waals surface area contributed by atoms with Gasteiger partial charge in [0.2, 0.25) is 0 Å². The van der Waals surface area contributed by atoms with E-state index in [2.05, 4.69) is 21.1 Å². The molecule has 0 heterocycles. The van der Waals surface area contributed by atoms with Crippen molar-refractivity contribution in [2.45, 2.75) is 32.1 Å². The Bertz CT molecular complexity index is 202. The van der Waals surface area contributed by atoms with E-state index in [4.69, 9.17) is 4.74 Å². The number of quaternary nitrogens is 1. The first-order chi connectivity index (χ1) is 6.99. The summed E-state index contributed by atoms with van der Waals surface area (Å²) in [4.78, 5) is 11.7. The van der Waals surface area contributed by atoms with Crippen LogP contribution in [0.15, 0.2) is 0 Å². The molecule has 0 saturated heterocycles. The third-order valence-electron chi connectivity index (χ3n) is 2.94. The average Bonchev–Trinajstić information content (AvgIpc) is 2.17. The molecule has 1 fully saturated rings. The maximum absolute atomic E-state index is 11.7. The van der Waals surface area contributed by atoms with Crippen molar-refractivity contribution in [1.82, 2.24) is 0 Å². The van der Waals surface area contributed by atoms with Gasteiger partial charge in [-0.3, -0.25) is 4.79 Å². The van der Waals surface area contributed by atoms with Crippen LogP contribution in [-0.2, 0) is 9.53 Å². The van der Waals surface area contributed by atoms with Crippen LogP contribution < -0.4 is 0 Å². The van der Waals surface area contributed by atoms with E-state index < -0.39 is 0 Å². The van der Waals surface area contributed by atoms with Gasteiger partial charge in [0.05, 0.1) is 27.1 Å². The monoisotopic (exact) mass is 214 g/mol. The van der Waals surface area contributed by atoms with Gasteiger partial charge in [-0.25, -0.2) is 0 Å². The molecule has 0 aromatic rings. The molecule has 88 valence electrons. The maximum Gasteiger partial charge on any atom is 0.309 e. The van der Waals surface area contributed by atoms with Crippen molar-refractivity contribution in [3.8, 4) is 0 Å². The summed E-state index contributed by atoms with van der Waals surface area (Å²) in [6.07, 6.45) is 5.72. The number of hydrogen-bond acceptors (Lipinski definition) is 2. The molecule has 0 atom stereocenters. The largest absolute Gasteiger partial charge is 0.459 e. The van der Waals surface area contributed by atoms with Crippen LogP contribution >= 0.6 is 0 Å². The summed E-state index contributed by atoms with van der Waals surface area (Å²) in [5, 5.41) is 0. The van der Waals surface area contributed by atoms with Crippen molar-refractivity contribution in [3.63, 3.8) is 0 Å². The normalized spacial score (nSPS) is 18.9. The van der Waals surface area contributed by atoms with E-state index in [0.717, 1.165) is 23.9 Å². The summed E-state index contributed by atoms with van der Waals surface area (Å²) in [6, 6.07) is 0. The molecule has 1 saturated carbocycles. The molecule has 1 rings (SSSR count). The Morgan fingerprint density at radius 2 is 1.80 bits per heavy atom. The van der Waals surface area contributed by atoms with Crippen LogP contribution in [0.25, 0.3) is 0 Å². The van der Waals surface area contributed by atoms with Gasteiger partial charge in [0, 0.05) is 0 Å². The van der Waals surface area contributed by atoms with Crippen LogP contribution in [0.3, 0.4) is 0 Å². The van der Waals surface area contributed by atoms with Crippen LogP contribution in [0.4, 0.5) is 0 Å². The van der Waals surface area contributed by atoms with E-state index >= 15 is 0 Å². The summed E-state index contributed by atoms with van der Waals surface area (Å²) < 4.78 is 6.15. The van der Waals surface area contributed by atoms with Gasteiger partial charge in [-0.15, -0.1) is 0 Å². The third kappa shape index (κ3) is 5.17. The lowest BCUT2D eigenvalue weighted by atomic mass is 9.89. The lowest BCUT2D eigenvalue weighted by molar-refractivity contribution is -0.870. The number of carbonyl (C=O) groups is 1. The van der Waals surface area contributed by atoms with E-state index in [9.17, 15) is 4.79 Å². The standard InChI is InChI=1S/C12H24NO2/c1-13(2,3)9-10-15-12(14)11-7-5-4-6-8-11/h11H,4-10H2,1-3H3/q+1. The molecule has 1 aliphatic rings. The predicted molar refractivity (Wildman–Crippen MR) is 60.4 cm³/mol. The molecular formula is C12H24NO2+. The number of ether oxygens (including phenoxy) is 1. The second-order valence-electron chi connectivity index (χ2n) is 5.52. The SMILES string of the molecule is C[N+](C)(C)CCOC(=O)C1CCCCC1. The van der Waals surface area contributed by atoms with Gasteiger partial charge in [0.25, 0.3) is 0 Å². The summed E-state index contributed by atoms with van der Waals surface area (Å²) in [6.45, 7) is 1.44. The fourth-order valence-corrected chi connectivity index (χ4v) is 1.88. The van der Waals surface area contributed by atoms with Crippen LogP contribution in [0.2, 0.25) is 0 Å². The fourth-order valence-electron chi connectivity index (χ4n) is 1.88. The minimum atomic E-state index is 0.0307. The fraction of sp³-hybridized carbons (Fsp3) is 0.917. The Morgan fingerprint density at radius 1 is 1.20 bits per heavy atom. The molecule has 0 spiro atoms. The zero-order valence-corrected chi connectivity index (χ0v) is 10.3. The molecule has 0 unspecified atom stereocenters. The number of hydrogen-bond donors (Lipinski definition) is 0. The second-order valence-corrected chi connectivity index (χ2v) is 5.52. The lowest BCUT2D eigenvalue weighted by Crippen LogP contribution is -2.38. The number of likely N-dealkylation sites (N-methyl/N-ethyl adjacent to an activating group) is 1. The Balaban J connectivity index is 2.17. The number of nitrogens with zero attached hydrogens (tertiary/aromatic N) is 1. The van der Waals surface area contributed by atoms with Crippen molar-refractivity contribution < 1.29 is 14.0 Å². The number of rotatable bonds is 4. The minimum Gasteiger partial charge on any atom is -0.459 e. The van der Waals surface area contributed by atoms with Gasteiger partial charge in [-0.2, -0.15) is 0 Å². The maximum atomic E-state index is 11.7. The highest BCUT2D eigenvalue weighted by molar-refractivity contribution is 5.72. The molecule has 0 bridgehead atoms. The summed E-state index contributed by atoms with van der Waals surface area (Å²) in [5.41, 5.74) is 0. The van der Waals surface area contributed by atoms with Crippen molar-refractivity contribution in [1.29, 1.82) is 0 Å². The molecule has 0 N–H and O–H groups in total. The predicted octanol–water partition coefficient (Wildman–Crippen LogP) is 1.82. The van der Waals surface area contributed by atoms with Crippen molar-refractivity contribution in [2.75, 3.05) is 34.3 Å². The van der Waals surface area contributed by atoms with E-state index in [-0.39, 0.29) is 11.9 Å². The first-order valence-corrected chi connectivity index (χ1v) is 5.96. The number of carbonyl (C=O) groups excluding carboxylic acids is 1. The summed E-state index contributed by atoms with van der Waals surface area (Å²) in [5.74, 6) is 0.217. The van der Waals surface area contributed by atoms with E-state index in [1.165, 1.54) is 19.3 Å². The summed E-state index contributed by atoms with van der Waals surface area (Å²) in [7, 11) is 6.32. The molecule has 0 amide bonds. The van der Waals surface area contributed by atoms with Gasteiger partial charge in [-0.1, -0.05) is 19.3 Å². The molecule has 0 radical (unpaired) electrons. The molecular weight excluding hydrogens is 190 g/mol. The van der Waals surface area contributed by atoms with Crippen LogP contribution in [-0.4, -0.2) is 44.7 Å². The van der Waals surface area contributed by atoms with E-state index in [0.29, 0.717) is 6.61 Å². The number of esters is 1. The van der Waals surface area contributed by atoms with Crippen molar-refractivity contribution in [3.05, 3.63) is 0 Å². The topological polar surface area (TPSA) is 26.3 Å². The third-order valence-corrected chi connectivity index (χ3v) is 2.94. The van der Waals surface area contributed by atoms with Crippen LogP contribution in [0, 0.1) is 5.92 Å². The molecule has 0 aliphatic heterocycles. The Labute approximate surface area is 93.0 Å². The van der Waals surface area contributed by atoms with Gasteiger partial charge >= 0.3 is 5.97 Å². The molecule has 0 aromatic carbocycles. The Hall–Kier alpha value is -0.570. The van der Waals surface area contributed by atoms with Crippen molar-refractivity contribution in [2.24, 2.45) is 5.92 Å². The smallest absolute Gasteiger partial charge is 0.309 e. The zero-order chi connectivity index (χ0) is 11.3. The van der Waals surface area contributed by atoms with E-state index in [1.807, 2.05) is 0 Å². The minimum absolute atomic E-state index is 0.0307. The quantitative estimate of drug-likeness (QED) is 0.527. The van der Waals surface area contributed by atoms with Gasteiger partial charge in [-0.05, 0) is 12.8 Å². The van der Waals surface area contributed by atoms with Crippen LogP contribution in [0.1, 0.15) is 32.1 Å². The Kier molecular flexibility index (Phi) is 4.58. The van der Waals surface area contributed by atoms with E-state index in [1.54, 1.807) is 0 Å². The van der Waals surface area contributed by atoms with Crippen LogP contribution in [0.5, 0.6) is 0 Å². The van der Waals surface area contributed by atoms with Gasteiger partial charge < -0.3 is 9.22 Å². The highest BCUT2D eigenvalue weighted by Crippen LogP contribution is 2.24. The van der Waals surface area contributed by atoms with Gasteiger partial charge in [0.15, 0.2) is 0 Å². The molecule has 1 aliphatic carbocycles. The first kappa shape index (κ1) is 12.5. The second kappa shape index (κ2) is 5.50. The lowest BCUT2D eigenvalue weighted by Gasteiger charge is -2.24. The highest BCUT2D eigenvalue weighted by atomic mass is 16.5. The van der Waals surface area contributed by atoms with Crippen molar-refractivity contribution >= 4 is 5.97 Å². The van der Waals surface area contributed by atoms with Gasteiger partial charge in [0.1, 0.15) is 13.2 Å². The first-order valence-electron chi connectivity index (χ1n) is 5.96. The average molecular weight is 214 g/mol. The molecule has 15 heavy (non-hydrogen) atoms. The Morgan fingerprint density at radius 3 is 2.33 bits per heavy atom. The zero-order valence-electron chi connectivity index (χ0n) is 10.3. The molecule has 3 nitrogen and oxygen atoms in total.